The molecule has 0 aliphatic heterocycles. The topological polar surface area (TPSA) is 46.3 Å². The summed E-state index contributed by atoms with van der Waals surface area (Å²) in [7, 11) is 1.44. The fourth-order valence-electron chi connectivity index (χ4n) is 1.53. The van der Waals surface area contributed by atoms with Gasteiger partial charge in [-0.3, -0.25) is 9.80 Å². The van der Waals surface area contributed by atoms with E-state index in [1.54, 1.807) is 26.0 Å². The minimum Gasteiger partial charge on any atom is -0.283 e. The molecule has 16 heavy (non-hydrogen) atoms. The third-order valence-electron chi connectivity index (χ3n) is 2.46. The van der Waals surface area contributed by atoms with E-state index in [1.807, 2.05) is 0 Å². The van der Waals surface area contributed by atoms with Gasteiger partial charge in [0.15, 0.2) is 0 Å². The maximum atomic E-state index is 13.7. The molecule has 0 fully saturated rings. The number of carbonyl (C=O) groups excluding carboxylic acids is 1. The van der Waals surface area contributed by atoms with E-state index in [-0.39, 0.29) is 5.91 Å². The van der Waals surface area contributed by atoms with Crippen molar-refractivity contribution >= 4 is 21.8 Å². The van der Waals surface area contributed by atoms with Crippen LogP contribution in [0.25, 0.3) is 0 Å². The lowest BCUT2D eigenvalue weighted by atomic mass is 9.83. The number of benzene rings is 1. The zero-order chi connectivity index (χ0) is 12.5. The molecule has 0 aromatic heterocycles. The summed E-state index contributed by atoms with van der Waals surface area (Å²) in [5, 5.41) is 0.973. The lowest BCUT2D eigenvalue weighted by molar-refractivity contribution is -0.135. The molecule has 0 saturated heterocycles. The minimum atomic E-state index is -0.989. The molecule has 88 valence electrons. The van der Waals surface area contributed by atoms with Gasteiger partial charge in [-0.2, -0.15) is 0 Å². The maximum absolute atomic E-state index is 13.7. The lowest BCUT2D eigenvalue weighted by Gasteiger charge is -2.27. The number of hydrazine groups is 1. The highest BCUT2D eigenvalue weighted by atomic mass is 79.9. The summed E-state index contributed by atoms with van der Waals surface area (Å²) in [6, 6.07) is 4.51. The Labute approximate surface area is 103 Å². The van der Waals surface area contributed by atoms with Crippen molar-refractivity contribution in [3.8, 4) is 0 Å². The third-order valence-corrected chi connectivity index (χ3v) is 2.95. The van der Waals surface area contributed by atoms with Crippen molar-refractivity contribution in [2.45, 2.75) is 19.3 Å². The van der Waals surface area contributed by atoms with Gasteiger partial charge in [0, 0.05) is 17.1 Å². The Morgan fingerprint density at radius 3 is 2.56 bits per heavy atom. The van der Waals surface area contributed by atoms with E-state index in [0.717, 1.165) is 9.48 Å². The summed E-state index contributed by atoms with van der Waals surface area (Å²) < 4.78 is 14.4. The summed E-state index contributed by atoms with van der Waals surface area (Å²) in [6.45, 7) is 3.28. The van der Waals surface area contributed by atoms with Gasteiger partial charge in [0.2, 0.25) is 5.91 Å². The van der Waals surface area contributed by atoms with Crippen molar-refractivity contribution in [3.05, 3.63) is 34.1 Å². The predicted octanol–water partition coefficient (Wildman–Crippen LogP) is 2.20. The van der Waals surface area contributed by atoms with Gasteiger partial charge in [0.05, 0.1) is 5.41 Å². The average Bonchev–Trinajstić information content (AvgIpc) is 2.20. The van der Waals surface area contributed by atoms with Gasteiger partial charge >= 0.3 is 0 Å². The summed E-state index contributed by atoms with van der Waals surface area (Å²) in [5.41, 5.74) is -0.665. The van der Waals surface area contributed by atoms with Crippen LogP contribution in [0, 0.1) is 5.82 Å². The van der Waals surface area contributed by atoms with Gasteiger partial charge in [-0.15, -0.1) is 0 Å². The van der Waals surface area contributed by atoms with Crippen LogP contribution in [0.2, 0.25) is 0 Å². The number of rotatable bonds is 2. The minimum absolute atomic E-state index is 0.323. The Kier molecular flexibility index (Phi) is 3.70. The van der Waals surface area contributed by atoms with Crippen molar-refractivity contribution in [3.63, 3.8) is 0 Å². The second-order valence-corrected chi connectivity index (χ2v) is 5.08. The molecular weight excluding hydrogens is 275 g/mol. The largest absolute Gasteiger partial charge is 0.283 e. The summed E-state index contributed by atoms with van der Waals surface area (Å²) >= 11 is 3.25. The highest BCUT2D eigenvalue weighted by Gasteiger charge is 2.34. The van der Waals surface area contributed by atoms with E-state index in [4.69, 9.17) is 5.84 Å². The highest BCUT2D eigenvalue weighted by molar-refractivity contribution is 9.10. The van der Waals surface area contributed by atoms with Crippen LogP contribution in [-0.4, -0.2) is 18.0 Å². The van der Waals surface area contributed by atoms with Crippen LogP contribution in [-0.2, 0) is 10.2 Å². The van der Waals surface area contributed by atoms with E-state index in [0.29, 0.717) is 5.56 Å². The second-order valence-electron chi connectivity index (χ2n) is 4.17. The first-order valence-electron chi connectivity index (χ1n) is 4.75. The molecule has 1 aromatic rings. The van der Waals surface area contributed by atoms with Crippen molar-refractivity contribution in [1.82, 2.24) is 5.01 Å². The number of likely N-dealkylation sites (N-methyl/N-ethyl adjacent to an activating group) is 1. The predicted molar refractivity (Wildman–Crippen MR) is 64.1 cm³/mol. The molecule has 0 heterocycles. The lowest BCUT2D eigenvalue weighted by Crippen LogP contribution is -2.45. The number of nitrogens with zero attached hydrogens (tertiary/aromatic N) is 1. The first kappa shape index (κ1) is 13.1. The van der Waals surface area contributed by atoms with Crippen molar-refractivity contribution < 1.29 is 9.18 Å². The van der Waals surface area contributed by atoms with E-state index < -0.39 is 11.2 Å². The zero-order valence-electron chi connectivity index (χ0n) is 9.42. The standard InChI is InChI=1S/C11H14BrFN2O/c1-11(2,10(16)15(3)14)8-6-7(12)4-5-9(8)13/h4-6H,14H2,1-3H3. The van der Waals surface area contributed by atoms with Crippen LogP contribution in [0.3, 0.4) is 0 Å². The van der Waals surface area contributed by atoms with Gasteiger partial charge in [-0.1, -0.05) is 15.9 Å². The maximum Gasteiger partial charge on any atom is 0.246 e. The molecule has 0 radical (unpaired) electrons. The number of amides is 1. The second kappa shape index (κ2) is 4.51. The summed E-state index contributed by atoms with van der Waals surface area (Å²) in [6.07, 6.45) is 0. The normalized spacial score (nSPS) is 11.4. The molecular formula is C11H14BrFN2O. The molecule has 1 rings (SSSR count). The third kappa shape index (κ3) is 2.41. The molecule has 1 amide bonds. The molecule has 2 N–H and O–H groups in total. The Morgan fingerprint density at radius 1 is 1.50 bits per heavy atom. The van der Waals surface area contributed by atoms with Crippen LogP contribution in [0.1, 0.15) is 19.4 Å². The van der Waals surface area contributed by atoms with Gasteiger partial charge < -0.3 is 0 Å². The molecule has 0 saturated carbocycles. The monoisotopic (exact) mass is 288 g/mol. The fourth-order valence-corrected chi connectivity index (χ4v) is 1.89. The van der Waals surface area contributed by atoms with E-state index >= 15 is 0 Å². The number of halogens is 2. The highest BCUT2D eigenvalue weighted by Crippen LogP contribution is 2.29. The van der Waals surface area contributed by atoms with Crippen LogP contribution in [0.5, 0.6) is 0 Å². The number of hydrogen-bond acceptors (Lipinski definition) is 2. The molecule has 0 spiro atoms. The number of nitrogens with two attached hydrogens (primary N) is 1. The van der Waals surface area contributed by atoms with Crippen LogP contribution >= 0.6 is 15.9 Å². The van der Waals surface area contributed by atoms with Crippen molar-refractivity contribution in [2.24, 2.45) is 5.84 Å². The SMILES string of the molecule is CN(N)C(=O)C(C)(C)c1cc(Br)ccc1F. The van der Waals surface area contributed by atoms with Crippen LogP contribution < -0.4 is 5.84 Å². The Bertz CT molecular complexity index is 418. The molecule has 3 nitrogen and oxygen atoms in total. The van der Waals surface area contributed by atoms with Crippen LogP contribution in [0.15, 0.2) is 22.7 Å². The van der Waals surface area contributed by atoms with Gasteiger partial charge in [0.1, 0.15) is 5.82 Å². The smallest absolute Gasteiger partial charge is 0.246 e. The summed E-state index contributed by atoms with van der Waals surface area (Å²) in [4.78, 5) is 11.8. The molecule has 0 aliphatic rings. The molecule has 0 atom stereocenters. The quantitative estimate of drug-likeness (QED) is 0.515. The molecule has 1 aromatic carbocycles. The molecule has 0 aliphatic carbocycles. The molecule has 5 heteroatoms. The average molecular weight is 289 g/mol. The molecule has 0 unspecified atom stereocenters. The first-order chi connectivity index (χ1) is 7.26. The van der Waals surface area contributed by atoms with Crippen LogP contribution in [0.4, 0.5) is 4.39 Å². The van der Waals surface area contributed by atoms with E-state index in [2.05, 4.69) is 15.9 Å². The van der Waals surface area contributed by atoms with E-state index in [1.165, 1.54) is 13.1 Å². The fraction of sp³-hybridized carbons (Fsp3) is 0.364. The first-order valence-corrected chi connectivity index (χ1v) is 5.54. The van der Waals surface area contributed by atoms with Gasteiger partial charge in [0.25, 0.3) is 0 Å². The zero-order valence-corrected chi connectivity index (χ0v) is 11.0. The summed E-state index contributed by atoms with van der Waals surface area (Å²) in [5.74, 6) is 4.64. The van der Waals surface area contributed by atoms with Crippen molar-refractivity contribution in [2.75, 3.05) is 7.05 Å². The van der Waals surface area contributed by atoms with Gasteiger partial charge in [-0.05, 0) is 32.0 Å². The van der Waals surface area contributed by atoms with Gasteiger partial charge in [-0.25, -0.2) is 10.2 Å². The Morgan fingerprint density at radius 2 is 2.06 bits per heavy atom. The van der Waals surface area contributed by atoms with Crippen molar-refractivity contribution in [1.29, 1.82) is 0 Å². The number of carbonyl (C=O) groups is 1. The Balaban J connectivity index is 3.26. The Hall–Kier alpha value is -0.940. The van der Waals surface area contributed by atoms with E-state index in [9.17, 15) is 9.18 Å². The number of hydrogen-bond donors (Lipinski definition) is 1. The molecule has 0 bridgehead atoms.